The average Bonchev–Trinajstić information content (AvgIpc) is 2.91. The summed E-state index contributed by atoms with van der Waals surface area (Å²) in [7, 11) is 3.33. The predicted molar refractivity (Wildman–Crippen MR) is 149 cm³/mol. The molecular formula is C29H42ClN3O4. The molecule has 0 aromatic heterocycles. The molecule has 0 spiro atoms. The molecule has 37 heavy (non-hydrogen) atoms. The molecule has 4 rings (SSSR count). The molecule has 0 bridgehead atoms. The maximum absolute atomic E-state index is 10.3. The standard InChI is InChI=1S/C29H42ClN3O4/c1-20-21(2)28(37-19-24(34)17-31-12-15-35-3)11-9-25(20)27-7-5-6-23-18-32(13-14-33(23)27)22-8-10-26(30)29(16-22)36-4/h8-11,16,23-24,27,31,34H,5-7,12-15,17-19H2,1-4H3/t23?,24?,27-/m1/s1. The van der Waals surface area contributed by atoms with Crippen molar-refractivity contribution < 1.29 is 19.3 Å². The van der Waals surface area contributed by atoms with Crippen molar-refractivity contribution in [3.63, 3.8) is 0 Å². The molecule has 0 radical (unpaired) electrons. The van der Waals surface area contributed by atoms with Crippen molar-refractivity contribution in [3.8, 4) is 11.5 Å². The van der Waals surface area contributed by atoms with Gasteiger partial charge in [-0.1, -0.05) is 17.7 Å². The highest BCUT2D eigenvalue weighted by Crippen LogP contribution is 2.40. The molecule has 204 valence electrons. The quantitative estimate of drug-likeness (QED) is 0.418. The van der Waals surface area contributed by atoms with Gasteiger partial charge in [0.15, 0.2) is 0 Å². The topological polar surface area (TPSA) is 66.4 Å². The average molecular weight is 532 g/mol. The fourth-order valence-corrected chi connectivity index (χ4v) is 5.88. The minimum absolute atomic E-state index is 0.266. The fraction of sp³-hybridized carbons (Fsp3) is 0.586. The summed E-state index contributed by atoms with van der Waals surface area (Å²) < 4.78 is 16.5. The number of fused-ring (bicyclic) bond motifs is 1. The zero-order valence-electron chi connectivity index (χ0n) is 22.6. The zero-order valence-corrected chi connectivity index (χ0v) is 23.4. The number of halogens is 1. The second kappa shape index (κ2) is 13.2. The van der Waals surface area contributed by atoms with Crippen LogP contribution in [0, 0.1) is 13.8 Å². The highest BCUT2D eigenvalue weighted by atomic mass is 35.5. The Morgan fingerprint density at radius 1 is 1.08 bits per heavy atom. The Kier molecular flexibility index (Phi) is 9.96. The Labute approximate surface area is 226 Å². The van der Waals surface area contributed by atoms with E-state index in [1.807, 2.05) is 6.07 Å². The molecule has 2 aliphatic rings. The van der Waals surface area contributed by atoms with E-state index in [1.165, 1.54) is 36.1 Å². The molecule has 8 heteroatoms. The number of aliphatic hydroxyl groups is 1. The maximum atomic E-state index is 10.3. The number of methoxy groups -OCH3 is 2. The molecule has 0 aliphatic carbocycles. The van der Waals surface area contributed by atoms with Gasteiger partial charge < -0.3 is 29.5 Å². The van der Waals surface area contributed by atoms with E-state index in [0.29, 0.717) is 36.8 Å². The number of piperidine rings is 1. The van der Waals surface area contributed by atoms with Gasteiger partial charge in [-0.25, -0.2) is 0 Å². The first-order valence-electron chi connectivity index (χ1n) is 13.4. The Bertz CT molecular complexity index is 1040. The largest absolute Gasteiger partial charge is 0.495 e. The summed E-state index contributed by atoms with van der Waals surface area (Å²) in [6, 6.07) is 11.3. The molecule has 2 fully saturated rings. The number of aliphatic hydroxyl groups excluding tert-OH is 1. The Morgan fingerprint density at radius 3 is 2.70 bits per heavy atom. The van der Waals surface area contributed by atoms with Crippen LogP contribution in [0.3, 0.4) is 0 Å². The van der Waals surface area contributed by atoms with Crippen LogP contribution in [0.15, 0.2) is 30.3 Å². The number of hydrogen-bond donors (Lipinski definition) is 2. The minimum Gasteiger partial charge on any atom is -0.495 e. The molecule has 2 heterocycles. The molecule has 2 N–H and O–H groups in total. The van der Waals surface area contributed by atoms with Gasteiger partial charge in [0, 0.05) is 63.7 Å². The monoisotopic (exact) mass is 531 g/mol. The highest BCUT2D eigenvalue weighted by Gasteiger charge is 2.36. The number of rotatable bonds is 11. The fourth-order valence-electron chi connectivity index (χ4n) is 5.69. The normalized spacial score (nSPS) is 21.0. The molecule has 2 aromatic carbocycles. The van der Waals surface area contributed by atoms with E-state index in [4.69, 9.17) is 25.8 Å². The summed E-state index contributed by atoms with van der Waals surface area (Å²) in [5, 5.41) is 14.1. The number of anilines is 1. The van der Waals surface area contributed by atoms with E-state index < -0.39 is 6.10 Å². The van der Waals surface area contributed by atoms with E-state index in [0.717, 1.165) is 36.7 Å². The third-order valence-electron chi connectivity index (χ3n) is 7.88. The number of benzene rings is 2. The lowest BCUT2D eigenvalue weighted by Gasteiger charge is -2.49. The van der Waals surface area contributed by atoms with Crippen molar-refractivity contribution in [1.82, 2.24) is 10.2 Å². The third-order valence-corrected chi connectivity index (χ3v) is 8.19. The van der Waals surface area contributed by atoms with E-state index >= 15 is 0 Å². The van der Waals surface area contributed by atoms with Crippen molar-refractivity contribution in [2.45, 2.75) is 51.3 Å². The number of nitrogens with one attached hydrogen (secondary N) is 1. The summed E-state index contributed by atoms with van der Waals surface area (Å²) in [6.45, 7) is 9.44. The van der Waals surface area contributed by atoms with Gasteiger partial charge in [0.25, 0.3) is 0 Å². The SMILES string of the molecule is COCCNCC(O)COc1ccc([C@H]2CCCC3CN(c4ccc(Cl)c(OC)c4)CCN32)c(C)c1C. The summed E-state index contributed by atoms with van der Waals surface area (Å²) in [5.74, 6) is 1.58. The smallest absolute Gasteiger partial charge is 0.139 e. The Balaban J connectivity index is 1.40. The predicted octanol–water partition coefficient (Wildman–Crippen LogP) is 4.36. The highest BCUT2D eigenvalue weighted by molar-refractivity contribution is 6.32. The van der Waals surface area contributed by atoms with Gasteiger partial charge in [0.05, 0.1) is 18.7 Å². The van der Waals surface area contributed by atoms with Gasteiger partial charge in [0.1, 0.15) is 24.2 Å². The van der Waals surface area contributed by atoms with Crippen molar-refractivity contribution in [1.29, 1.82) is 0 Å². The summed E-state index contributed by atoms with van der Waals surface area (Å²) in [5.41, 5.74) is 5.03. The summed E-state index contributed by atoms with van der Waals surface area (Å²) >= 11 is 6.26. The summed E-state index contributed by atoms with van der Waals surface area (Å²) in [4.78, 5) is 5.18. The number of piperazine rings is 1. The third kappa shape index (κ3) is 6.70. The van der Waals surface area contributed by atoms with Crippen molar-refractivity contribution >= 4 is 17.3 Å². The maximum Gasteiger partial charge on any atom is 0.139 e. The van der Waals surface area contributed by atoms with E-state index in [1.54, 1.807) is 14.2 Å². The number of hydrogen-bond acceptors (Lipinski definition) is 7. The van der Waals surface area contributed by atoms with Gasteiger partial charge in [-0.2, -0.15) is 0 Å². The number of ether oxygens (including phenoxy) is 3. The van der Waals surface area contributed by atoms with Crippen LogP contribution in [0.4, 0.5) is 5.69 Å². The van der Waals surface area contributed by atoms with Crippen molar-refractivity contribution in [3.05, 3.63) is 52.0 Å². The lowest BCUT2D eigenvalue weighted by Crippen LogP contribution is -2.56. The molecule has 7 nitrogen and oxygen atoms in total. The second-order valence-electron chi connectivity index (χ2n) is 10.2. The van der Waals surface area contributed by atoms with Gasteiger partial charge in [-0.05, 0) is 68.0 Å². The van der Waals surface area contributed by atoms with Crippen LogP contribution in [-0.2, 0) is 4.74 Å². The molecule has 0 amide bonds. The van der Waals surface area contributed by atoms with Crippen molar-refractivity contribution in [2.75, 3.05) is 65.1 Å². The van der Waals surface area contributed by atoms with Gasteiger partial charge in [-0.15, -0.1) is 0 Å². The van der Waals surface area contributed by atoms with Crippen LogP contribution in [0.1, 0.15) is 42.0 Å². The van der Waals surface area contributed by atoms with E-state index in [-0.39, 0.29) is 6.61 Å². The zero-order chi connectivity index (χ0) is 26.4. The van der Waals surface area contributed by atoms with Crippen LogP contribution < -0.4 is 19.7 Å². The Hall–Kier alpha value is -2.03. The lowest BCUT2D eigenvalue weighted by atomic mass is 9.86. The van der Waals surface area contributed by atoms with Crippen LogP contribution in [-0.4, -0.2) is 82.3 Å². The van der Waals surface area contributed by atoms with E-state index in [9.17, 15) is 5.11 Å². The number of nitrogens with zero attached hydrogens (tertiary/aromatic N) is 2. The second-order valence-corrected chi connectivity index (χ2v) is 10.6. The van der Waals surface area contributed by atoms with Crippen LogP contribution >= 0.6 is 11.6 Å². The first-order valence-corrected chi connectivity index (χ1v) is 13.8. The van der Waals surface area contributed by atoms with Gasteiger partial charge in [-0.3, -0.25) is 4.90 Å². The van der Waals surface area contributed by atoms with Crippen LogP contribution in [0.2, 0.25) is 5.02 Å². The van der Waals surface area contributed by atoms with E-state index in [2.05, 4.69) is 53.2 Å². The molecule has 2 saturated heterocycles. The van der Waals surface area contributed by atoms with Gasteiger partial charge in [0.2, 0.25) is 0 Å². The minimum atomic E-state index is -0.563. The molecule has 2 aliphatic heterocycles. The van der Waals surface area contributed by atoms with Crippen molar-refractivity contribution in [2.24, 2.45) is 0 Å². The molecule has 2 aromatic rings. The van der Waals surface area contributed by atoms with Gasteiger partial charge >= 0.3 is 0 Å². The Morgan fingerprint density at radius 2 is 1.92 bits per heavy atom. The summed E-state index contributed by atoms with van der Waals surface area (Å²) in [6.07, 6.45) is 3.06. The molecule has 0 saturated carbocycles. The first kappa shape index (κ1) is 28.0. The van der Waals surface area contributed by atoms with Crippen LogP contribution in [0.25, 0.3) is 0 Å². The molecule has 2 unspecified atom stereocenters. The molecular weight excluding hydrogens is 490 g/mol. The van der Waals surface area contributed by atoms with Crippen LogP contribution in [0.5, 0.6) is 11.5 Å². The first-order chi connectivity index (χ1) is 17.9. The lowest BCUT2D eigenvalue weighted by molar-refractivity contribution is 0.0711. The molecule has 3 atom stereocenters.